The number of nitrogens with two attached hydrogens (primary N) is 1. The molecular formula is C15H12F5NO2. The lowest BCUT2D eigenvalue weighted by atomic mass is 10.0. The molecule has 0 heterocycles. The summed E-state index contributed by atoms with van der Waals surface area (Å²) >= 11 is 0. The minimum absolute atomic E-state index is 0.00125. The number of alkyl halides is 3. The second kappa shape index (κ2) is 6.82. The van der Waals surface area contributed by atoms with Gasteiger partial charge in [0.15, 0.2) is 23.1 Å². The predicted molar refractivity (Wildman–Crippen MR) is 73.0 cm³/mol. The summed E-state index contributed by atoms with van der Waals surface area (Å²) in [4.78, 5) is 0. The van der Waals surface area contributed by atoms with Crippen LogP contribution in [0, 0.1) is 11.6 Å². The molecule has 2 aromatic rings. The fraction of sp³-hybridized carbons (Fsp3) is 0.200. The van der Waals surface area contributed by atoms with Crippen molar-refractivity contribution in [2.75, 3.05) is 13.2 Å². The molecule has 2 N–H and O–H groups in total. The largest absolute Gasteiger partial charge is 0.573 e. The van der Waals surface area contributed by atoms with Crippen LogP contribution in [-0.4, -0.2) is 19.5 Å². The van der Waals surface area contributed by atoms with Crippen LogP contribution >= 0.6 is 0 Å². The molecule has 23 heavy (non-hydrogen) atoms. The zero-order valence-electron chi connectivity index (χ0n) is 11.7. The quantitative estimate of drug-likeness (QED) is 0.845. The van der Waals surface area contributed by atoms with E-state index >= 15 is 0 Å². The molecule has 0 spiro atoms. The number of ether oxygens (including phenoxy) is 2. The third kappa shape index (κ3) is 4.56. The van der Waals surface area contributed by atoms with Gasteiger partial charge in [-0.15, -0.1) is 13.2 Å². The minimum Gasteiger partial charge on any atom is -0.488 e. The van der Waals surface area contributed by atoms with Gasteiger partial charge in [-0.3, -0.25) is 0 Å². The molecular weight excluding hydrogens is 321 g/mol. The normalized spacial score (nSPS) is 11.4. The van der Waals surface area contributed by atoms with E-state index in [1.807, 2.05) is 0 Å². The summed E-state index contributed by atoms with van der Waals surface area (Å²) in [5.74, 6) is -2.90. The maximum atomic E-state index is 13.3. The highest BCUT2D eigenvalue weighted by Gasteiger charge is 2.32. The van der Waals surface area contributed by atoms with E-state index in [1.165, 1.54) is 18.2 Å². The van der Waals surface area contributed by atoms with Crippen molar-refractivity contribution >= 4 is 0 Å². The van der Waals surface area contributed by atoms with E-state index in [4.69, 9.17) is 10.5 Å². The van der Waals surface area contributed by atoms with Gasteiger partial charge in [-0.2, -0.15) is 0 Å². The molecule has 0 aromatic heterocycles. The maximum Gasteiger partial charge on any atom is 0.573 e. The van der Waals surface area contributed by atoms with Crippen molar-refractivity contribution in [3.8, 4) is 22.6 Å². The van der Waals surface area contributed by atoms with Gasteiger partial charge in [-0.05, 0) is 35.4 Å². The van der Waals surface area contributed by atoms with Crippen LogP contribution in [0.2, 0.25) is 0 Å². The van der Waals surface area contributed by atoms with E-state index in [0.717, 1.165) is 18.2 Å². The second-order valence-electron chi connectivity index (χ2n) is 4.48. The highest BCUT2D eigenvalue weighted by molar-refractivity contribution is 5.67. The lowest BCUT2D eigenvalue weighted by Gasteiger charge is -2.15. The number of hydrogen-bond donors (Lipinski definition) is 1. The molecule has 0 saturated heterocycles. The molecule has 2 aromatic carbocycles. The molecule has 124 valence electrons. The summed E-state index contributed by atoms with van der Waals surface area (Å²) in [7, 11) is 0. The Morgan fingerprint density at radius 1 is 0.870 bits per heavy atom. The summed E-state index contributed by atoms with van der Waals surface area (Å²) < 4.78 is 72.6. The Bertz CT molecular complexity index is 688. The van der Waals surface area contributed by atoms with E-state index in [-0.39, 0.29) is 30.0 Å². The lowest BCUT2D eigenvalue weighted by Crippen LogP contribution is -2.18. The number of rotatable bonds is 5. The molecule has 0 unspecified atom stereocenters. The maximum absolute atomic E-state index is 13.3. The molecule has 0 amide bonds. The fourth-order valence-electron chi connectivity index (χ4n) is 1.86. The third-order valence-corrected chi connectivity index (χ3v) is 2.80. The van der Waals surface area contributed by atoms with Crippen LogP contribution in [0.1, 0.15) is 0 Å². The first kappa shape index (κ1) is 17.0. The third-order valence-electron chi connectivity index (χ3n) is 2.80. The highest BCUT2D eigenvalue weighted by Crippen LogP contribution is 2.36. The minimum atomic E-state index is -4.92. The number of halogens is 5. The Labute approximate surface area is 128 Å². The highest BCUT2D eigenvalue weighted by atomic mass is 19.4. The Hall–Kier alpha value is -2.35. The first-order valence-electron chi connectivity index (χ1n) is 6.48. The molecule has 0 radical (unpaired) electrons. The van der Waals surface area contributed by atoms with Crippen molar-refractivity contribution in [2.24, 2.45) is 5.73 Å². The second-order valence-corrected chi connectivity index (χ2v) is 4.48. The Morgan fingerprint density at radius 3 is 2.13 bits per heavy atom. The Balaban J connectivity index is 2.41. The predicted octanol–water partition coefficient (Wildman–Crippen LogP) is 3.87. The molecule has 0 fully saturated rings. The van der Waals surface area contributed by atoms with Crippen LogP contribution in [0.15, 0.2) is 36.4 Å². The molecule has 0 bridgehead atoms. The SMILES string of the molecule is NCCOc1ccc(-c2ccc(F)c(F)c2)cc1OC(F)(F)F. The van der Waals surface area contributed by atoms with Gasteiger partial charge in [0.1, 0.15) is 6.61 Å². The van der Waals surface area contributed by atoms with Crippen molar-refractivity contribution in [1.29, 1.82) is 0 Å². The monoisotopic (exact) mass is 333 g/mol. The van der Waals surface area contributed by atoms with Crippen LogP contribution < -0.4 is 15.2 Å². The topological polar surface area (TPSA) is 44.5 Å². The average molecular weight is 333 g/mol. The summed E-state index contributed by atoms with van der Waals surface area (Å²) in [6, 6.07) is 6.68. The molecule has 0 saturated carbocycles. The van der Waals surface area contributed by atoms with Crippen LogP contribution in [0.3, 0.4) is 0 Å². The molecule has 0 aliphatic carbocycles. The van der Waals surface area contributed by atoms with Crippen molar-refractivity contribution in [3.63, 3.8) is 0 Å². The van der Waals surface area contributed by atoms with E-state index in [9.17, 15) is 22.0 Å². The lowest BCUT2D eigenvalue weighted by molar-refractivity contribution is -0.275. The number of hydrogen-bond acceptors (Lipinski definition) is 3. The van der Waals surface area contributed by atoms with E-state index in [0.29, 0.717) is 0 Å². The van der Waals surface area contributed by atoms with Gasteiger partial charge in [-0.1, -0.05) is 12.1 Å². The van der Waals surface area contributed by atoms with Gasteiger partial charge in [0.25, 0.3) is 0 Å². The first-order valence-corrected chi connectivity index (χ1v) is 6.48. The number of benzene rings is 2. The van der Waals surface area contributed by atoms with Crippen molar-refractivity contribution in [2.45, 2.75) is 6.36 Å². The summed E-state index contributed by atoms with van der Waals surface area (Å²) in [5.41, 5.74) is 5.65. The van der Waals surface area contributed by atoms with Crippen molar-refractivity contribution < 1.29 is 31.4 Å². The standard InChI is InChI=1S/C15H12F5NO2/c16-11-3-1-9(7-12(11)17)10-2-4-13(22-6-5-21)14(8-10)23-15(18,19)20/h1-4,7-8H,5-6,21H2. The zero-order chi connectivity index (χ0) is 17.0. The van der Waals surface area contributed by atoms with E-state index in [1.54, 1.807) is 0 Å². The summed E-state index contributed by atoms with van der Waals surface area (Å²) in [6.45, 7) is 0.106. The van der Waals surface area contributed by atoms with Gasteiger partial charge in [-0.25, -0.2) is 8.78 Å². The zero-order valence-corrected chi connectivity index (χ0v) is 11.7. The van der Waals surface area contributed by atoms with Crippen molar-refractivity contribution in [1.82, 2.24) is 0 Å². The van der Waals surface area contributed by atoms with Gasteiger partial charge < -0.3 is 15.2 Å². The molecule has 0 aliphatic rings. The van der Waals surface area contributed by atoms with Crippen LogP contribution in [-0.2, 0) is 0 Å². The van der Waals surface area contributed by atoms with Gasteiger partial charge in [0.2, 0.25) is 0 Å². The van der Waals surface area contributed by atoms with Gasteiger partial charge in [0.05, 0.1) is 0 Å². The van der Waals surface area contributed by atoms with Crippen LogP contribution in [0.25, 0.3) is 11.1 Å². The average Bonchev–Trinajstić information content (AvgIpc) is 2.47. The molecule has 2 rings (SSSR count). The van der Waals surface area contributed by atoms with E-state index < -0.39 is 23.7 Å². The molecule has 3 nitrogen and oxygen atoms in total. The molecule has 8 heteroatoms. The summed E-state index contributed by atoms with van der Waals surface area (Å²) in [6.07, 6.45) is -4.92. The first-order chi connectivity index (χ1) is 10.8. The van der Waals surface area contributed by atoms with Gasteiger partial charge in [0, 0.05) is 6.54 Å². The van der Waals surface area contributed by atoms with Crippen molar-refractivity contribution in [3.05, 3.63) is 48.0 Å². The Morgan fingerprint density at radius 2 is 1.52 bits per heavy atom. The van der Waals surface area contributed by atoms with Crippen LogP contribution in [0.4, 0.5) is 22.0 Å². The van der Waals surface area contributed by atoms with E-state index in [2.05, 4.69) is 4.74 Å². The molecule has 0 atom stereocenters. The molecule has 0 aliphatic heterocycles. The fourth-order valence-corrected chi connectivity index (χ4v) is 1.86. The smallest absolute Gasteiger partial charge is 0.488 e. The van der Waals surface area contributed by atoms with Crippen LogP contribution in [0.5, 0.6) is 11.5 Å². The summed E-state index contributed by atoms with van der Waals surface area (Å²) in [5, 5.41) is 0. The Kier molecular flexibility index (Phi) is 5.05. The van der Waals surface area contributed by atoms with Gasteiger partial charge >= 0.3 is 6.36 Å².